The van der Waals surface area contributed by atoms with E-state index in [-0.39, 0.29) is 6.23 Å². The van der Waals surface area contributed by atoms with Crippen molar-refractivity contribution in [2.24, 2.45) is 0 Å². The Kier molecular flexibility index (Phi) is 6.55. The summed E-state index contributed by atoms with van der Waals surface area (Å²) in [7, 11) is 4.22. The van der Waals surface area contributed by atoms with Crippen molar-refractivity contribution in [1.29, 1.82) is 0 Å². The van der Waals surface area contributed by atoms with Gasteiger partial charge in [0.05, 0.1) is 11.4 Å². The predicted octanol–water partition coefficient (Wildman–Crippen LogP) is 2.54. The maximum absolute atomic E-state index is 5.92. The van der Waals surface area contributed by atoms with Crippen LogP contribution >= 0.6 is 0 Å². The number of rotatable bonds is 8. The smallest absolute Gasteiger partial charge is 0.150 e. The van der Waals surface area contributed by atoms with E-state index in [0.29, 0.717) is 0 Å². The molecule has 6 heteroatoms. The molecule has 25 heavy (non-hydrogen) atoms. The van der Waals surface area contributed by atoms with Crippen LogP contribution in [0, 0.1) is 0 Å². The first kappa shape index (κ1) is 18.0. The number of pyridine rings is 1. The van der Waals surface area contributed by atoms with Crippen LogP contribution in [0.4, 0.5) is 0 Å². The Morgan fingerprint density at radius 3 is 2.76 bits per heavy atom. The van der Waals surface area contributed by atoms with Gasteiger partial charge in [0.2, 0.25) is 0 Å². The van der Waals surface area contributed by atoms with Crippen molar-refractivity contribution in [3.8, 4) is 0 Å². The highest BCUT2D eigenvalue weighted by atomic mass is 16.5. The zero-order chi connectivity index (χ0) is 17.5. The molecule has 0 saturated carbocycles. The maximum Gasteiger partial charge on any atom is 0.150 e. The number of nitrogens with zero attached hydrogens (tertiary/aromatic N) is 5. The normalized spacial score (nSPS) is 18.2. The third-order valence-corrected chi connectivity index (χ3v) is 4.54. The second-order valence-corrected chi connectivity index (χ2v) is 6.92. The Hall–Kier alpha value is -1.76. The van der Waals surface area contributed by atoms with Crippen LogP contribution in [0.25, 0.3) is 0 Å². The Labute approximate surface area is 150 Å². The van der Waals surface area contributed by atoms with Gasteiger partial charge in [-0.05, 0) is 51.6 Å². The first-order chi connectivity index (χ1) is 12.2. The van der Waals surface area contributed by atoms with E-state index in [2.05, 4.69) is 50.8 Å². The van der Waals surface area contributed by atoms with Gasteiger partial charge in [0.15, 0.2) is 6.23 Å². The molecule has 0 amide bonds. The van der Waals surface area contributed by atoms with Crippen molar-refractivity contribution in [2.45, 2.75) is 38.6 Å². The fraction of sp³-hybridized carbons (Fsp3) is 0.579. The van der Waals surface area contributed by atoms with E-state index in [9.17, 15) is 0 Å². The van der Waals surface area contributed by atoms with Crippen molar-refractivity contribution in [3.63, 3.8) is 0 Å². The lowest BCUT2D eigenvalue weighted by Crippen LogP contribution is -2.32. The number of aromatic nitrogens is 3. The lowest BCUT2D eigenvalue weighted by atomic mass is 10.2. The molecule has 2 aromatic rings. The van der Waals surface area contributed by atoms with Crippen molar-refractivity contribution in [3.05, 3.63) is 48.0 Å². The summed E-state index contributed by atoms with van der Waals surface area (Å²) >= 11 is 0. The van der Waals surface area contributed by atoms with Crippen LogP contribution in [0.5, 0.6) is 0 Å². The zero-order valence-electron chi connectivity index (χ0n) is 15.3. The molecule has 0 radical (unpaired) electrons. The second kappa shape index (κ2) is 9.08. The van der Waals surface area contributed by atoms with Crippen molar-refractivity contribution in [1.82, 2.24) is 24.6 Å². The van der Waals surface area contributed by atoms with E-state index in [1.54, 1.807) is 0 Å². The Bertz CT molecular complexity index is 622. The lowest BCUT2D eigenvalue weighted by Gasteiger charge is -2.27. The van der Waals surface area contributed by atoms with Gasteiger partial charge in [0.1, 0.15) is 0 Å². The predicted molar refractivity (Wildman–Crippen MR) is 98.0 cm³/mol. The highest BCUT2D eigenvalue weighted by Crippen LogP contribution is 2.23. The van der Waals surface area contributed by atoms with Gasteiger partial charge in [-0.15, -0.1) is 0 Å². The van der Waals surface area contributed by atoms with Crippen LogP contribution in [-0.2, 0) is 17.8 Å². The highest BCUT2D eigenvalue weighted by Gasteiger charge is 2.20. The van der Waals surface area contributed by atoms with E-state index in [0.717, 1.165) is 51.3 Å². The van der Waals surface area contributed by atoms with Gasteiger partial charge in [0, 0.05) is 45.2 Å². The molecule has 1 unspecified atom stereocenters. The number of hydrogen-bond donors (Lipinski definition) is 0. The summed E-state index contributed by atoms with van der Waals surface area (Å²) in [6.45, 7) is 4.53. The summed E-state index contributed by atoms with van der Waals surface area (Å²) < 4.78 is 7.99. The molecular formula is C19H29N5O. The molecule has 0 N–H and O–H groups in total. The molecule has 1 aliphatic heterocycles. The van der Waals surface area contributed by atoms with E-state index < -0.39 is 0 Å². The lowest BCUT2D eigenvalue weighted by molar-refractivity contribution is -0.0421. The molecule has 0 spiro atoms. The molecule has 0 aromatic carbocycles. The Balaban J connectivity index is 1.70. The molecule has 3 heterocycles. The highest BCUT2D eigenvalue weighted by molar-refractivity contribution is 5.05. The molecule has 136 valence electrons. The van der Waals surface area contributed by atoms with E-state index in [1.807, 2.05) is 24.5 Å². The van der Waals surface area contributed by atoms with Gasteiger partial charge in [0.25, 0.3) is 0 Å². The summed E-state index contributed by atoms with van der Waals surface area (Å²) in [5.74, 6) is 0. The van der Waals surface area contributed by atoms with Crippen molar-refractivity contribution in [2.75, 3.05) is 33.8 Å². The minimum absolute atomic E-state index is 0.0873. The minimum atomic E-state index is 0.0873. The summed E-state index contributed by atoms with van der Waals surface area (Å²) in [6, 6.07) is 8.21. The van der Waals surface area contributed by atoms with Crippen LogP contribution in [0.1, 0.15) is 36.9 Å². The van der Waals surface area contributed by atoms with Gasteiger partial charge < -0.3 is 9.64 Å². The molecule has 6 nitrogen and oxygen atoms in total. The van der Waals surface area contributed by atoms with Crippen LogP contribution in [0.3, 0.4) is 0 Å². The molecule has 2 aromatic heterocycles. The van der Waals surface area contributed by atoms with Gasteiger partial charge in [-0.25, -0.2) is 4.68 Å². The van der Waals surface area contributed by atoms with Gasteiger partial charge in [-0.2, -0.15) is 5.10 Å². The molecule has 1 fully saturated rings. The van der Waals surface area contributed by atoms with Crippen LogP contribution in [-0.4, -0.2) is 58.4 Å². The molecule has 0 bridgehead atoms. The quantitative estimate of drug-likeness (QED) is 0.737. The first-order valence-electron chi connectivity index (χ1n) is 9.13. The monoisotopic (exact) mass is 343 g/mol. The van der Waals surface area contributed by atoms with Crippen molar-refractivity contribution < 1.29 is 4.74 Å². The fourth-order valence-corrected chi connectivity index (χ4v) is 3.15. The average Bonchev–Trinajstić information content (AvgIpc) is 3.09. The summed E-state index contributed by atoms with van der Waals surface area (Å²) in [5.41, 5.74) is 2.31. The molecule has 0 aliphatic carbocycles. The molecular weight excluding hydrogens is 314 g/mol. The average molecular weight is 343 g/mol. The van der Waals surface area contributed by atoms with E-state index in [4.69, 9.17) is 4.74 Å². The maximum atomic E-state index is 5.92. The van der Waals surface area contributed by atoms with E-state index in [1.165, 1.54) is 12.1 Å². The second-order valence-electron chi connectivity index (χ2n) is 6.92. The standard InChI is InChI=1S/C19H29N5O/c1-22(2)12-13-23(15-17-7-3-5-10-20-17)16-18-9-11-21-24(18)19-8-4-6-14-25-19/h3,5,7,9-11,19H,4,6,8,12-16H2,1-2H3. The van der Waals surface area contributed by atoms with Gasteiger partial charge in [-0.3, -0.25) is 9.88 Å². The van der Waals surface area contributed by atoms with Gasteiger partial charge in [-0.1, -0.05) is 6.07 Å². The summed E-state index contributed by atoms with van der Waals surface area (Å²) in [6.07, 6.45) is 7.25. The molecule has 1 saturated heterocycles. The summed E-state index contributed by atoms with van der Waals surface area (Å²) in [5, 5.41) is 4.53. The third-order valence-electron chi connectivity index (χ3n) is 4.54. The largest absolute Gasteiger partial charge is 0.357 e. The first-order valence-corrected chi connectivity index (χ1v) is 9.13. The SMILES string of the molecule is CN(C)CCN(Cc1ccccn1)Cc1ccnn1C1CCCCO1. The van der Waals surface area contributed by atoms with Crippen molar-refractivity contribution >= 4 is 0 Å². The fourth-order valence-electron chi connectivity index (χ4n) is 3.15. The Morgan fingerprint density at radius 1 is 1.12 bits per heavy atom. The molecule has 3 rings (SSSR count). The van der Waals surface area contributed by atoms with Crippen LogP contribution < -0.4 is 0 Å². The third kappa shape index (κ3) is 5.36. The number of ether oxygens (including phenoxy) is 1. The number of hydrogen-bond acceptors (Lipinski definition) is 5. The summed E-state index contributed by atoms with van der Waals surface area (Å²) in [4.78, 5) is 9.13. The van der Waals surface area contributed by atoms with Crippen LogP contribution in [0.2, 0.25) is 0 Å². The minimum Gasteiger partial charge on any atom is -0.357 e. The van der Waals surface area contributed by atoms with Crippen LogP contribution in [0.15, 0.2) is 36.7 Å². The Morgan fingerprint density at radius 2 is 2.04 bits per heavy atom. The number of likely N-dealkylation sites (N-methyl/N-ethyl adjacent to an activating group) is 1. The van der Waals surface area contributed by atoms with Gasteiger partial charge >= 0.3 is 0 Å². The molecule has 1 atom stereocenters. The topological polar surface area (TPSA) is 46.4 Å². The zero-order valence-corrected chi connectivity index (χ0v) is 15.3. The molecule has 1 aliphatic rings. The van der Waals surface area contributed by atoms with E-state index >= 15 is 0 Å².